The van der Waals surface area contributed by atoms with Crippen molar-refractivity contribution in [1.29, 1.82) is 0 Å². The molecule has 27 heavy (non-hydrogen) atoms. The van der Waals surface area contributed by atoms with Crippen LogP contribution >= 0.6 is 0 Å². The third kappa shape index (κ3) is 5.09. The molecule has 1 aliphatic heterocycles. The van der Waals surface area contributed by atoms with Gasteiger partial charge in [-0.3, -0.25) is 10.00 Å². The van der Waals surface area contributed by atoms with Gasteiger partial charge in [0.2, 0.25) is 0 Å². The summed E-state index contributed by atoms with van der Waals surface area (Å²) < 4.78 is 24.8. The van der Waals surface area contributed by atoms with Gasteiger partial charge < -0.3 is 5.32 Å². The SMILES string of the molecule is Cc1cn([C@@H](C)c2ccccc2)nc1NC(=O)NCC1CCS(=O)(=O)CC1. The first-order valence-electron chi connectivity index (χ1n) is 9.20. The summed E-state index contributed by atoms with van der Waals surface area (Å²) in [5.74, 6) is 1.15. The zero-order valence-corrected chi connectivity index (χ0v) is 16.5. The third-order valence-electron chi connectivity index (χ3n) is 5.05. The van der Waals surface area contributed by atoms with Gasteiger partial charge in [-0.25, -0.2) is 13.2 Å². The van der Waals surface area contributed by atoms with Crippen LogP contribution in [-0.4, -0.2) is 42.3 Å². The highest BCUT2D eigenvalue weighted by atomic mass is 32.2. The van der Waals surface area contributed by atoms with Crippen molar-refractivity contribution in [2.24, 2.45) is 5.92 Å². The molecule has 1 aromatic heterocycles. The van der Waals surface area contributed by atoms with E-state index in [1.54, 1.807) is 0 Å². The summed E-state index contributed by atoms with van der Waals surface area (Å²) in [6, 6.07) is 9.80. The molecule has 2 N–H and O–H groups in total. The summed E-state index contributed by atoms with van der Waals surface area (Å²) in [6.45, 7) is 4.44. The van der Waals surface area contributed by atoms with E-state index in [9.17, 15) is 13.2 Å². The fourth-order valence-corrected chi connectivity index (χ4v) is 4.81. The van der Waals surface area contributed by atoms with Crippen molar-refractivity contribution in [3.63, 3.8) is 0 Å². The molecule has 2 heterocycles. The Labute approximate surface area is 160 Å². The number of carbonyl (C=O) groups is 1. The van der Waals surface area contributed by atoms with Crippen LogP contribution in [-0.2, 0) is 9.84 Å². The highest BCUT2D eigenvalue weighted by Crippen LogP contribution is 2.21. The Kier molecular flexibility index (Phi) is 5.84. The molecule has 1 saturated heterocycles. The molecule has 146 valence electrons. The highest BCUT2D eigenvalue weighted by Gasteiger charge is 2.24. The molecule has 0 radical (unpaired) electrons. The summed E-state index contributed by atoms with van der Waals surface area (Å²) in [5, 5.41) is 10.1. The number of aryl methyl sites for hydroxylation is 1. The lowest BCUT2D eigenvalue weighted by atomic mass is 10.0. The molecule has 0 spiro atoms. The second kappa shape index (κ2) is 8.12. The van der Waals surface area contributed by atoms with E-state index in [1.807, 2.05) is 48.1 Å². The predicted octanol–water partition coefficient (Wildman–Crippen LogP) is 2.75. The average Bonchev–Trinajstić information content (AvgIpc) is 3.01. The first kappa shape index (κ1) is 19.4. The average molecular weight is 391 g/mol. The number of hydrogen-bond acceptors (Lipinski definition) is 4. The van der Waals surface area contributed by atoms with Crippen LogP contribution in [0.25, 0.3) is 0 Å². The normalized spacial score (nSPS) is 18.0. The molecule has 0 aliphatic carbocycles. The molecule has 0 saturated carbocycles. The number of benzene rings is 1. The molecule has 1 atom stereocenters. The summed E-state index contributed by atoms with van der Waals surface area (Å²) in [7, 11) is -2.88. The molecule has 0 unspecified atom stereocenters. The molecular weight excluding hydrogens is 364 g/mol. The highest BCUT2D eigenvalue weighted by molar-refractivity contribution is 7.91. The topological polar surface area (TPSA) is 93.1 Å². The molecular formula is C19H26N4O3S. The van der Waals surface area contributed by atoms with Crippen LogP contribution in [0.3, 0.4) is 0 Å². The van der Waals surface area contributed by atoms with Gasteiger partial charge in [0, 0.05) is 18.3 Å². The second-order valence-electron chi connectivity index (χ2n) is 7.16. The maximum absolute atomic E-state index is 12.2. The van der Waals surface area contributed by atoms with Gasteiger partial charge in [-0.05, 0) is 38.2 Å². The zero-order valence-electron chi connectivity index (χ0n) is 15.7. The minimum atomic E-state index is -2.88. The van der Waals surface area contributed by atoms with Crippen LogP contribution in [0.4, 0.5) is 10.6 Å². The number of anilines is 1. The van der Waals surface area contributed by atoms with E-state index in [2.05, 4.69) is 22.7 Å². The maximum atomic E-state index is 12.2. The van der Waals surface area contributed by atoms with Gasteiger partial charge in [0.1, 0.15) is 9.84 Å². The van der Waals surface area contributed by atoms with Gasteiger partial charge in [0.25, 0.3) is 0 Å². The van der Waals surface area contributed by atoms with Gasteiger partial charge >= 0.3 is 6.03 Å². The fourth-order valence-electron chi connectivity index (χ4n) is 3.22. The molecule has 1 fully saturated rings. The van der Waals surface area contributed by atoms with Gasteiger partial charge in [0.15, 0.2) is 5.82 Å². The predicted molar refractivity (Wildman–Crippen MR) is 106 cm³/mol. The van der Waals surface area contributed by atoms with E-state index in [0.717, 1.165) is 11.1 Å². The first-order chi connectivity index (χ1) is 12.8. The van der Waals surface area contributed by atoms with Gasteiger partial charge in [-0.1, -0.05) is 30.3 Å². The van der Waals surface area contributed by atoms with E-state index in [4.69, 9.17) is 0 Å². The Morgan fingerprint density at radius 2 is 1.93 bits per heavy atom. The van der Waals surface area contributed by atoms with Gasteiger partial charge in [-0.2, -0.15) is 5.10 Å². The molecule has 2 amide bonds. The van der Waals surface area contributed by atoms with E-state index in [-0.39, 0.29) is 29.5 Å². The maximum Gasteiger partial charge on any atom is 0.320 e. The Balaban J connectivity index is 1.55. The number of amides is 2. The summed E-state index contributed by atoms with van der Waals surface area (Å²) in [4.78, 5) is 12.2. The van der Waals surface area contributed by atoms with Crippen LogP contribution in [0.2, 0.25) is 0 Å². The molecule has 2 aromatic rings. The Morgan fingerprint density at radius 3 is 2.59 bits per heavy atom. The molecule has 7 nitrogen and oxygen atoms in total. The Hall–Kier alpha value is -2.35. The Morgan fingerprint density at radius 1 is 1.26 bits per heavy atom. The molecule has 0 bridgehead atoms. The minimum absolute atomic E-state index is 0.0627. The van der Waals surface area contributed by atoms with Crippen molar-refractivity contribution in [1.82, 2.24) is 15.1 Å². The van der Waals surface area contributed by atoms with Crippen molar-refractivity contribution in [2.45, 2.75) is 32.7 Å². The Bertz CT molecular complexity index is 879. The summed E-state index contributed by atoms with van der Waals surface area (Å²) >= 11 is 0. The van der Waals surface area contributed by atoms with E-state index < -0.39 is 9.84 Å². The second-order valence-corrected chi connectivity index (χ2v) is 9.46. The van der Waals surface area contributed by atoms with Crippen LogP contribution in [0.5, 0.6) is 0 Å². The summed E-state index contributed by atoms with van der Waals surface area (Å²) in [6.07, 6.45) is 3.12. The van der Waals surface area contributed by atoms with Crippen LogP contribution in [0.15, 0.2) is 36.5 Å². The standard InChI is InChI=1S/C19H26N4O3S/c1-14-13-23(15(2)17-6-4-3-5-7-17)22-18(14)21-19(24)20-12-16-8-10-27(25,26)11-9-16/h3-7,13,15-16H,8-12H2,1-2H3,(H2,20,21,22,24)/t15-/m0/s1. The van der Waals surface area contributed by atoms with E-state index in [0.29, 0.717) is 25.2 Å². The quantitative estimate of drug-likeness (QED) is 0.821. The fraction of sp³-hybridized carbons (Fsp3) is 0.474. The third-order valence-corrected chi connectivity index (χ3v) is 6.77. The van der Waals surface area contributed by atoms with Crippen molar-refractivity contribution in [2.75, 3.05) is 23.4 Å². The lowest BCUT2D eigenvalue weighted by molar-refractivity contribution is 0.249. The smallest absolute Gasteiger partial charge is 0.320 e. The first-order valence-corrected chi connectivity index (χ1v) is 11.0. The number of rotatable bonds is 5. The minimum Gasteiger partial charge on any atom is -0.338 e. The summed E-state index contributed by atoms with van der Waals surface area (Å²) in [5.41, 5.74) is 2.03. The lowest BCUT2D eigenvalue weighted by Crippen LogP contribution is -2.36. The number of nitrogens with zero attached hydrogens (tertiary/aromatic N) is 2. The monoisotopic (exact) mass is 390 g/mol. The van der Waals surface area contributed by atoms with Crippen molar-refractivity contribution < 1.29 is 13.2 Å². The van der Waals surface area contributed by atoms with Gasteiger partial charge in [0.05, 0.1) is 17.5 Å². The number of urea groups is 1. The van der Waals surface area contributed by atoms with E-state index in [1.165, 1.54) is 0 Å². The molecule has 3 rings (SSSR count). The number of sulfone groups is 1. The molecule has 1 aromatic carbocycles. The molecule has 8 heteroatoms. The van der Waals surface area contributed by atoms with Gasteiger partial charge in [-0.15, -0.1) is 0 Å². The molecule has 1 aliphatic rings. The van der Waals surface area contributed by atoms with Crippen molar-refractivity contribution >= 4 is 21.7 Å². The van der Waals surface area contributed by atoms with Crippen LogP contribution in [0, 0.1) is 12.8 Å². The van der Waals surface area contributed by atoms with E-state index >= 15 is 0 Å². The number of aromatic nitrogens is 2. The number of nitrogens with one attached hydrogen (secondary N) is 2. The van der Waals surface area contributed by atoms with Crippen molar-refractivity contribution in [3.05, 3.63) is 47.7 Å². The lowest BCUT2D eigenvalue weighted by Gasteiger charge is -2.22. The largest absolute Gasteiger partial charge is 0.338 e. The zero-order chi connectivity index (χ0) is 19.4. The van der Waals surface area contributed by atoms with Crippen LogP contribution < -0.4 is 10.6 Å². The number of hydrogen-bond donors (Lipinski definition) is 2. The number of carbonyl (C=O) groups excluding carboxylic acids is 1. The van der Waals surface area contributed by atoms with Crippen LogP contribution in [0.1, 0.15) is 36.9 Å². The van der Waals surface area contributed by atoms with Crippen molar-refractivity contribution in [3.8, 4) is 0 Å².